The molecule has 2 rings (SSSR count). The third-order valence-electron chi connectivity index (χ3n) is 5.29. The summed E-state index contributed by atoms with van der Waals surface area (Å²) >= 11 is 0. The molecule has 1 aliphatic rings. The third kappa shape index (κ3) is 3.73. The Kier molecular flexibility index (Phi) is 5.27. The summed E-state index contributed by atoms with van der Waals surface area (Å²) in [6.45, 7) is 14.8. The predicted molar refractivity (Wildman–Crippen MR) is 96.9 cm³/mol. The number of nitrogens with zero attached hydrogens (tertiary/aromatic N) is 1. The fourth-order valence-electron chi connectivity index (χ4n) is 2.71. The van der Waals surface area contributed by atoms with E-state index in [1.54, 1.807) is 13.1 Å². The fraction of sp³-hybridized carbons (Fsp3) is 0.765. The van der Waals surface area contributed by atoms with E-state index in [2.05, 4.69) is 45.8 Å². The second-order valence-electron chi connectivity index (χ2n) is 8.17. The zero-order chi connectivity index (χ0) is 18.3. The van der Waals surface area contributed by atoms with E-state index in [-0.39, 0.29) is 22.8 Å². The fourth-order valence-corrected chi connectivity index (χ4v) is 4.07. The number of aryl methyl sites for hydroxylation is 1. The molecule has 2 heterocycles. The van der Waals surface area contributed by atoms with Gasteiger partial charge in [0.1, 0.15) is 6.23 Å². The molecular formula is C17H30N2O4Si. The van der Waals surface area contributed by atoms with E-state index < -0.39 is 20.2 Å². The number of aromatic amines is 1. The van der Waals surface area contributed by atoms with E-state index in [9.17, 15) is 9.59 Å². The van der Waals surface area contributed by atoms with Gasteiger partial charge in [-0.3, -0.25) is 14.3 Å². The molecule has 1 aliphatic heterocycles. The van der Waals surface area contributed by atoms with Crippen molar-refractivity contribution in [3.05, 3.63) is 32.6 Å². The lowest BCUT2D eigenvalue weighted by atomic mass is 10.1. The third-order valence-corrected chi connectivity index (χ3v) is 9.80. The Hall–Kier alpha value is -1.18. The quantitative estimate of drug-likeness (QED) is 0.844. The SMILES string of the molecule is CC[C@H]1O[C@@H](n2cc(C)c(=O)[nH]c2=O)C[C@H]1O[Si](C)(C)C(C)(C)C. The summed E-state index contributed by atoms with van der Waals surface area (Å²) in [6.07, 6.45) is 2.56. The minimum atomic E-state index is -1.92. The molecule has 0 unspecified atom stereocenters. The molecule has 3 atom stereocenters. The molecule has 1 aromatic heterocycles. The highest BCUT2D eigenvalue weighted by atomic mass is 28.4. The molecule has 24 heavy (non-hydrogen) atoms. The van der Waals surface area contributed by atoms with Crippen molar-refractivity contribution < 1.29 is 9.16 Å². The lowest BCUT2D eigenvalue weighted by molar-refractivity contribution is -0.0198. The first-order valence-corrected chi connectivity index (χ1v) is 11.5. The van der Waals surface area contributed by atoms with Crippen molar-refractivity contribution in [1.29, 1.82) is 0 Å². The van der Waals surface area contributed by atoms with Crippen molar-refractivity contribution in [1.82, 2.24) is 9.55 Å². The Morgan fingerprint density at radius 1 is 1.38 bits per heavy atom. The lowest BCUT2D eigenvalue weighted by Gasteiger charge is -2.39. The van der Waals surface area contributed by atoms with E-state index in [1.807, 2.05) is 0 Å². The first-order chi connectivity index (χ1) is 11.0. The van der Waals surface area contributed by atoms with Crippen molar-refractivity contribution >= 4 is 8.32 Å². The van der Waals surface area contributed by atoms with Crippen LogP contribution in [0.1, 0.15) is 52.3 Å². The molecule has 0 aromatic carbocycles. The van der Waals surface area contributed by atoms with Gasteiger partial charge in [-0.25, -0.2) is 4.79 Å². The summed E-state index contributed by atoms with van der Waals surface area (Å²) in [6, 6.07) is 0. The van der Waals surface area contributed by atoms with E-state index in [1.165, 1.54) is 4.57 Å². The number of hydrogen-bond acceptors (Lipinski definition) is 4. The van der Waals surface area contributed by atoms with E-state index in [0.717, 1.165) is 6.42 Å². The van der Waals surface area contributed by atoms with Crippen molar-refractivity contribution in [2.24, 2.45) is 0 Å². The Labute approximate surface area is 144 Å². The second kappa shape index (κ2) is 6.61. The molecule has 0 radical (unpaired) electrons. The number of H-pyrrole nitrogens is 1. The van der Waals surface area contributed by atoms with E-state index >= 15 is 0 Å². The summed E-state index contributed by atoms with van der Waals surface area (Å²) in [5, 5.41) is 0.120. The first-order valence-electron chi connectivity index (χ1n) is 8.61. The smallest absolute Gasteiger partial charge is 0.330 e. The number of rotatable bonds is 4. The average molecular weight is 355 g/mol. The zero-order valence-electron chi connectivity index (χ0n) is 15.8. The van der Waals surface area contributed by atoms with Gasteiger partial charge in [0.05, 0.1) is 12.2 Å². The molecule has 1 saturated heterocycles. The van der Waals surface area contributed by atoms with Gasteiger partial charge in [-0.1, -0.05) is 27.7 Å². The van der Waals surface area contributed by atoms with Gasteiger partial charge in [0.25, 0.3) is 5.56 Å². The van der Waals surface area contributed by atoms with Gasteiger partial charge in [-0.15, -0.1) is 0 Å². The van der Waals surface area contributed by atoms with E-state index in [0.29, 0.717) is 12.0 Å². The van der Waals surface area contributed by atoms with Crippen LogP contribution in [-0.2, 0) is 9.16 Å². The highest BCUT2D eigenvalue weighted by Gasteiger charge is 2.44. The van der Waals surface area contributed by atoms with Crippen LogP contribution in [0, 0.1) is 6.92 Å². The molecule has 0 aliphatic carbocycles. The summed E-state index contributed by atoms with van der Waals surface area (Å²) in [5.41, 5.74) is -0.284. The van der Waals surface area contributed by atoms with Crippen LogP contribution in [0.2, 0.25) is 18.1 Å². The van der Waals surface area contributed by atoms with Crippen LogP contribution in [0.25, 0.3) is 0 Å². The van der Waals surface area contributed by atoms with Gasteiger partial charge in [0.2, 0.25) is 0 Å². The number of nitrogens with one attached hydrogen (secondary N) is 1. The summed E-state index contributed by atoms with van der Waals surface area (Å²) in [4.78, 5) is 26.0. The normalized spacial score (nSPS) is 25.2. The van der Waals surface area contributed by atoms with Gasteiger partial charge in [-0.05, 0) is 31.5 Å². The monoisotopic (exact) mass is 354 g/mol. The largest absolute Gasteiger partial charge is 0.411 e. The van der Waals surface area contributed by atoms with Crippen LogP contribution in [-0.4, -0.2) is 30.1 Å². The van der Waals surface area contributed by atoms with Gasteiger partial charge in [-0.2, -0.15) is 0 Å². The van der Waals surface area contributed by atoms with Crippen molar-refractivity contribution in [2.45, 2.75) is 84.0 Å². The predicted octanol–water partition coefficient (Wildman–Crippen LogP) is 2.93. The zero-order valence-corrected chi connectivity index (χ0v) is 16.8. The minimum absolute atomic E-state index is 0.0278. The Bertz CT molecular complexity index is 702. The lowest BCUT2D eigenvalue weighted by Crippen LogP contribution is -2.45. The van der Waals surface area contributed by atoms with Gasteiger partial charge in [0, 0.05) is 18.2 Å². The molecule has 7 heteroatoms. The van der Waals surface area contributed by atoms with Crippen LogP contribution in [0.15, 0.2) is 15.8 Å². The van der Waals surface area contributed by atoms with Crippen molar-refractivity contribution in [3.63, 3.8) is 0 Å². The average Bonchev–Trinajstić information content (AvgIpc) is 2.83. The molecule has 1 aromatic rings. The highest BCUT2D eigenvalue weighted by Crippen LogP contribution is 2.41. The standard InChI is InChI=1S/C17H30N2O4Si/c1-8-12-13(23-24(6,7)17(3,4)5)9-14(22-12)19-10-11(2)15(20)18-16(19)21/h10,12-14H,8-9H2,1-7H3,(H,18,20,21)/t12-,13-,14-/m1/s1. The highest BCUT2D eigenvalue weighted by molar-refractivity contribution is 6.74. The first kappa shape index (κ1) is 19.1. The van der Waals surface area contributed by atoms with Gasteiger partial charge in [0.15, 0.2) is 8.32 Å². The van der Waals surface area contributed by atoms with Crippen LogP contribution in [0.4, 0.5) is 0 Å². The molecular weight excluding hydrogens is 324 g/mol. The number of aromatic nitrogens is 2. The van der Waals surface area contributed by atoms with E-state index in [4.69, 9.17) is 9.16 Å². The topological polar surface area (TPSA) is 73.3 Å². The van der Waals surface area contributed by atoms with Gasteiger partial charge < -0.3 is 9.16 Å². The van der Waals surface area contributed by atoms with Crippen LogP contribution in [0.5, 0.6) is 0 Å². The summed E-state index contributed by atoms with van der Waals surface area (Å²) in [7, 11) is -1.92. The maximum absolute atomic E-state index is 12.1. The van der Waals surface area contributed by atoms with Crippen LogP contribution >= 0.6 is 0 Å². The maximum atomic E-state index is 12.1. The summed E-state index contributed by atoms with van der Waals surface area (Å²) < 4.78 is 14.1. The molecule has 0 spiro atoms. The molecule has 1 fully saturated rings. The Morgan fingerprint density at radius 3 is 2.54 bits per heavy atom. The molecule has 1 N–H and O–H groups in total. The van der Waals surface area contributed by atoms with Crippen molar-refractivity contribution in [2.75, 3.05) is 0 Å². The minimum Gasteiger partial charge on any atom is -0.411 e. The number of ether oxygens (including phenoxy) is 1. The maximum Gasteiger partial charge on any atom is 0.330 e. The molecule has 136 valence electrons. The molecule has 0 amide bonds. The van der Waals surface area contributed by atoms with Crippen molar-refractivity contribution in [3.8, 4) is 0 Å². The Balaban J connectivity index is 2.25. The molecule has 6 nitrogen and oxygen atoms in total. The van der Waals surface area contributed by atoms with Crippen LogP contribution in [0.3, 0.4) is 0 Å². The second-order valence-corrected chi connectivity index (χ2v) is 12.9. The molecule has 0 bridgehead atoms. The van der Waals surface area contributed by atoms with Gasteiger partial charge >= 0.3 is 5.69 Å². The number of hydrogen-bond donors (Lipinski definition) is 1. The summed E-state index contributed by atoms with van der Waals surface area (Å²) in [5.74, 6) is 0. The van der Waals surface area contributed by atoms with Crippen LogP contribution < -0.4 is 11.2 Å². The Morgan fingerprint density at radius 2 is 2.00 bits per heavy atom. The molecule has 0 saturated carbocycles.